The van der Waals surface area contributed by atoms with Crippen molar-refractivity contribution < 1.29 is 0 Å². The molecular weight excluding hydrogens is 252 g/mol. The van der Waals surface area contributed by atoms with Crippen molar-refractivity contribution in [2.75, 3.05) is 0 Å². The lowest BCUT2D eigenvalue weighted by molar-refractivity contribution is 1.23. The van der Waals surface area contributed by atoms with Crippen molar-refractivity contribution in [3.63, 3.8) is 0 Å². The smallest absolute Gasteiger partial charge is 0.0943 e. The van der Waals surface area contributed by atoms with Gasteiger partial charge in [-0.25, -0.2) is 0 Å². The van der Waals surface area contributed by atoms with E-state index in [2.05, 4.69) is 27.7 Å². The molecule has 0 radical (unpaired) electrons. The highest BCUT2D eigenvalue weighted by Crippen LogP contribution is 2.33. The lowest BCUT2D eigenvalue weighted by Crippen LogP contribution is -1.73. The van der Waals surface area contributed by atoms with Crippen LogP contribution >= 0.6 is 11.3 Å². The number of azo groups is 1. The van der Waals surface area contributed by atoms with E-state index < -0.39 is 0 Å². The van der Waals surface area contributed by atoms with E-state index in [0.717, 1.165) is 16.9 Å². The van der Waals surface area contributed by atoms with Crippen LogP contribution in [0, 0.1) is 0 Å². The molecule has 2 aromatic carbocycles. The van der Waals surface area contributed by atoms with Crippen molar-refractivity contribution >= 4 is 22.7 Å². The van der Waals surface area contributed by atoms with Crippen molar-refractivity contribution in [3.05, 3.63) is 72.1 Å². The van der Waals surface area contributed by atoms with E-state index in [1.54, 1.807) is 11.3 Å². The van der Waals surface area contributed by atoms with E-state index in [1.807, 2.05) is 54.6 Å². The Balaban J connectivity index is 1.96. The van der Waals surface area contributed by atoms with Gasteiger partial charge < -0.3 is 0 Å². The van der Waals surface area contributed by atoms with Gasteiger partial charge in [0.25, 0.3) is 0 Å². The maximum absolute atomic E-state index is 4.36. The highest BCUT2D eigenvalue weighted by Gasteiger charge is 2.04. The molecule has 2 nitrogen and oxygen atoms in total. The van der Waals surface area contributed by atoms with Crippen molar-refractivity contribution in [2.45, 2.75) is 0 Å². The maximum Gasteiger partial charge on any atom is 0.0943 e. The SMILES string of the molecule is c1ccc(/N=N/c2ccccc2-c2cccs2)cc1. The molecule has 0 spiro atoms. The van der Waals surface area contributed by atoms with Crippen LogP contribution in [0.3, 0.4) is 0 Å². The quantitative estimate of drug-likeness (QED) is 0.532. The molecule has 0 aliphatic carbocycles. The van der Waals surface area contributed by atoms with Gasteiger partial charge in [-0.2, -0.15) is 5.11 Å². The van der Waals surface area contributed by atoms with E-state index in [0.29, 0.717) is 0 Å². The number of benzene rings is 2. The minimum Gasteiger partial charge on any atom is -0.151 e. The molecule has 1 heterocycles. The van der Waals surface area contributed by atoms with Crippen LogP contribution in [0.5, 0.6) is 0 Å². The Morgan fingerprint density at radius 1 is 0.684 bits per heavy atom. The van der Waals surface area contributed by atoms with Gasteiger partial charge in [0.15, 0.2) is 0 Å². The van der Waals surface area contributed by atoms with Crippen LogP contribution in [0.1, 0.15) is 0 Å². The van der Waals surface area contributed by atoms with Crippen molar-refractivity contribution in [1.82, 2.24) is 0 Å². The summed E-state index contributed by atoms with van der Waals surface area (Å²) < 4.78 is 0. The van der Waals surface area contributed by atoms with Crippen LogP contribution in [0.25, 0.3) is 10.4 Å². The van der Waals surface area contributed by atoms with Crippen LogP contribution in [-0.4, -0.2) is 0 Å². The summed E-state index contributed by atoms with van der Waals surface area (Å²) >= 11 is 1.71. The van der Waals surface area contributed by atoms with E-state index >= 15 is 0 Å². The molecule has 1 aromatic heterocycles. The summed E-state index contributed by atoms with van der Waals surface area (Å²) in [4.78, 5) is 1.21. The summed E-state index contributed by atoms with van der Waals surface area (Å²) in [5, 5.41) is 10.7. The van der Waals surface area contributed by atoms with Gasteiger partial charge in [-0.15, -0.1) is 16.5 Å². The molecule has 19 heavy (non-hydrogen) atoms. The standard InChI is InChI=1S/C16H12N2S/c1-2-7-13(8-3-1)17-18-15-10-5-4-9-14(15)16-11-6-12-19-16/h1-12H/b18-17+. The number of thiophene rings is 1. The van der Waals surface area contributed by atoms with Crippen LogP contribution in [0.2, 0.25) is 0 Å². The van der Waals surface area contributed by atoms with Crippen LogP contribution in [0.4, 0.5) is 11.4 Å². The average molecular weight is 264 g/mol. The molecule has 0 bridgehead atoms. The fraction of sp³-hybridized carbons (Fsp3) is 0. The second-order valence-corrected chi connectivity index (χ2v) is 4.98. The second-order valence-electron chi connectivity index (χ2n) is 4.03. The summed E-state index contributed by atoms with van der Waals surface area (Å²) in [6.07, 6.45) is 0. The first kappa shape index (κ1) is 11.8. The van der Waals surface area contributed by atoms with Gasteiger partial charge in [0, 0.05) is 10.4 Å². The van der Waals surface area contributed by atoms with E-state index in [-0.39, 0.29) is 0 Å². The molecule has 92 valence electrons. The zero-order valence-corrected chi connectivity index (χ0v) is 11.0. The van der Waals surface area contributed by atoms with Gasteiger partial charge in [0.1, 0.15) is 0 Å². The third kappa shape index (κ3) is 2.77. The molecule has 0 aliphatic rings. The largest absolute Gasteiger partial charge is 0.151 e. The molecule has 0 fully saturated rings. The molecule has 3 heteroatoms. The summed E-state index contributed by atoms with van der Waals surface area (Å²) in [5.74, 6) is 0. The Kier molecular flexibility index (Phi) is 3.47. The summed E-state index contributed by atoms with van der Waals surface area (Å²) in [7, 11) is 0. The molecular formula is C16H12N2S. The topological polar surface area (TPSA) is 24.7 Å². The predicted octanol–water partition coefficient (Wildman–Crippen LogP) is 5.83. The molecule has 0 saturated carbocycles. The first-order valence-electron chi connectivity index (χ1n) is 6.03. The molecule has 0 atom stereocenters. The van der Waals surface area contributed by atoms with Crippen LogP contribution in [0.15, 0.2) is 82.3 Å². The number of nitrogens with zero attached hydrogens (tertiary/aromatic N) is 2. The highest BCUT2D eigenvalue weighted by atomic mass is 32.1. The van der Waals surface area contributed by atoms with Crippen molar-refractivity contribution in [2.24, 2.45) is 10.2 Å². The van der Waals surface area contributed by atoms with E-state index in [9.17, 15) is 0 Å². The van der Waals surface area contributed by atoms with Gasteiger partial charge >= 0.3 is 0 Å². The molecule has 0 N–H and O–H groups in total. The predicted molar refractivity (Wildman–Crippen MR) is 80.4 cm³/mol. The molecule has 0 unspecified atom stereocenters. The highest BCUT2D eigenvalue weighted by molar-refractivity contribution is 7.13. The number of rotatable bonds is 3. The maximum atomic E-state index is 4.36. The fourth-order valence-electron chi connectivity index (χ4n) is 1.81. The Morgan fingerprint density at radius 2 is 1.47 bits per heavy atom. The van der Waals surface area contributed by atoms with Gasteiger partial charge in [-0.3, -0.25) is 0 Å². The lowest BCUT2D eigenvalue weighted by atomic mass is 10.1. The fourth-order valence-corrected chi connectivity index (χ4v) is 2.57. The van der Waals surface area contributed by atoms with Crippen molar-refractivity contribution in [3.8, 4) is 10.4 Å². The lowest BCUT2D eigenvalue weighted by Gasteiger charge is -2.01. The number of hydrogen-bond donors (Lipinski definition) is 0. The third-order valence-corrected chi connectivity index (χ3v) is 3.62. The molecule has 0 saturated heterocycles. The first-order valence-corrected chi connectivity index (χ1v) is 6.91. The van der Waals surface area contributed by atoms with Gasteiger partial charge in [0.05, 0.1) is 11.4 Å². The Morgan fingerprint density at radius 3 is 2.26 bits per heavy atom. The van der Waals surface area contributed by atoms with E-state index in [1.165, 1.54) is 4.88 Å². The average Bonchev–Trinajstić information content (AvgIpc) is 3.01. The zero-order chi connectivity index (χ0) is 12.9. The summed E-state index contributed by atoms with van der Waals surface area (Å²) in [5.41, 5.74) is 2.88. The summed E-state index contributed by atoms with van der Waals surface area (Å²) in [6, 6.07) is 22.0. The minimum absolute atomic E-state index is 0.864. The Hall–Kier alpha value is -2.26. The van der Waals surface area contributed by atoms with Crippen molar-refractivity contribution in [1.29, 1.82) is 0 Å². The second kappa shape index (κ2) is 5.59. The van der Waals surface area contributed by atoms with Crippen LogP contribution < -0.4 is 0 Å². The Labute approximate surface area is 116 Å². The van der Waals surface area contributed by atoms with Gasteiger partial charge in [-0.05, 0) is 29.6 Å². The zero-order valence-electron chi connectivity index (χ0n) is 10.2. The first-order chi connectivity index (χ1) is 9.43. The van der Waals surface area contributed by atoms with E-state index in [4.69, 9.17) is 0 Å². The van der Waals surface area contributed by atoms with Crippen LogP contribution in [-0.2, 0) is 0 Å². The molecule has 0 aliphatic heterocycles. The third-order valence-electron chi connectivity index (χ3n) is 2.72. The summed E-state index contributed by atoms with van der Waals surface area (Å²) in [6.45, 7) is 0. The molecule has 0 amide bonds. The monoisotopic (exact) mass is 264 g/mol. The molecule has 3 rings (SSSR count). The normalized spacial score (nSPS) is 10.9. The van der Waals surface area contributed by atoms with Gasteiger partial charge in [-0.1, -0.05) is 42.5 Å². The number of hydrogen-bond acceptors (Lipinski definition) is 3. The minimum atomic E-state index is 0.864. The molecule has 3 aromatic rings. The van der Waals surface area contributed by atoms with Gasteiger partial charge in [0.2, 0.25) is 0 Å². The Bertz CT molecular complexity index is 673.